The lowest BCUT2D eigenvalue weighted by molar-refractivity contribution is 0.103. The Kier molecular flexibility index (Phi) is 4.29. The highest BCUT2D eigenvalue weighted by Crippen LogP contribution is 2.26. The van der Waals surface area contributed by atoms with Crippen molar-refractivity contribution in [3.8, 4) is 0 Å². The van der Waals surface area contributed by atoms with Crippen LogP contribution in [-0.2, 0) is 6.42 Å². The van der Waals surface area contributed by atoms with Crippen LogP contribution in [0, 0.1) is 27.7 Å². The minimum Gasteiger partial charge on any atom is -0.321 e. The van der Waals surface area contributed by atoms with Gasteiger partial charge in [-0.05, 0) is 56.9 Å². The molecule has 0 aliphatic heterocycles. The second kappa shape index (κ2) is 5.80. The van der Waals surface area contributed by atoms with Gasteiger partial charge in [0.25, 0.3) is 5.91 Å². The van der Waals surface area contributed by atoms with Crippen molar-refractivity contribution in [1.29, 1.82) is 0 Å². The van der Waals surface area contributed by atoms with Crippen molar-refractivity contribution in [2.75, 3.05) is 5.32 Å². The molecule has 1 aromatic heterocycles. The van der Waals surface area contributed by atoms with E-state index >= 15 is 0 Å². The van der Waals surface area contributed by atoms with Gasteiger partial charge in [-0.1, -0.05) is 24.6 Å². The van der Waals surface area contributed by atoms with Crippen LogP contribution >= 0.6 is 11.3 Å². The molecule has 0 saturated heterocycles. The van der Waals surface area contributed by atoms with E-state index in [1.807, 2.05) is 19.9 Å². The predicted octanol–water partition coefficient (Wildman–Crippen LogP) is 4.80. The van der Waals surface area contributed by atoms with Gasteiger partial charge in [0.2, 0.25) is 0 Å². The molecule has 2 nitrogen and oxygen atoms in total. The van der Waals surface area contributed by atoms with Crippen LogP contribution in [0.3, 0.4) is 0 Å². The first-order valence-corrected chi connectivity index (χ1v) is 7.72. The summed E-state index contributed by atoms with van der Waals surface area (Å²) in [6, 6.07) is 6.18. The van der Waals surface area contributed by atoms with Crippen LogP contribution in [0.2, 0.25) is 0 Å². The fraction of sp³-hybridized carbons (Fsp3) is 0.353. The molecule has 1 N–H and O–H groups in total. The van der Waals surface area contributed by atoms with Gasteiger partial charge in [0.05, 0.1) is 4.88 Å². The molecule has 106 valence electrons. The molecule has 0 bridgehead atoms. The van der Waals surface area contributed by atoms with Gasteiger partial charge < -0.3 is 5.32 Å². The number of thiophene rings is 1. The zero-order chi connectivity index (χ0) is 14.9. The molecular weight excluding hydrogens is 266 g/mol. The van der Waals surface area contributed by atoms with Gasteiger partial charge in [0.1, 0.15) is 0 Å². The Labute approximate surface area is 124 Å². The van der Waals surface area contributed by atoms with Crippen LogP contribution in [0.1, 0.15) is 43.7 Å². The summed E-state index contributed by atoms with van der Waals surface area (Å²) in [7, 11) is 0. The number of nitrogens with one attached hydrogen (secondary N) is 1. The highest BCUT2D eigenvalue weighted by molar-refractivity contribution is 7.14. The standard InChI is InChI=1S/C17H21NOS/c1-6-14-11(3)9-15(20-14)17(19)18-16-12(4)7-10(2)8-13(16)5/h7-9H,6H2,1-5H3,(H,18,19). The molecule has 0 saturated carbocycles. The normalized spacial score (nSPS) is 10.7. The van der Waals surface area contributed by atoms with E-state index in [-0.39, 0.29) is 5.91 Å². The van der Waals surface area contributed by atoms with Gasteiger partial charge in [-0.15, -0.1) is 11.3 Å². The van der Waals surface area contributed by atoms with Crippen LogP contribution in [0.5, 0.6) is 0 Å². The highest BCUT2D eigenvalue weighted by Gasteiger charge is 2.14. The summed E-state index contributed by atoms with van der Waals surface area (Å²) in [5.74, 6) is -0.00662. The number of amides is 1. The molecule has 0 aliphatic carbocycles. The van der Waals surface area contributed by atoms with Crippen molar-refractivity contribution < 1.29 is 4.79 Å². The zero-order valence-electron chi connectivity index (χ0n) is 12.8. The second-order valence-electron chi connectivity index (χ2n) is 5.30. The SMILES string of the molecule is CCc1sc(C(=O)Nc2c(C)cc(C)cc2C)cc1C. The first-order chi connectivity index (χ1) is 9.42. The Bertz CT molecular complexity index is 632. The second-order valence-corrected chi connectivity index (χ2v) is 6.43. The van der Waals surface area contributed by atoms with Gasteiger partial charge >= 0.3 is 0 Å². The first-order valence-electron chi connectivity index (χ1n) is 6.91. The van der Waals surface area contributed by atoms with Crippen LogP contribution in [0.4, 0.5) is 5.69 Å². The molecule has 0 radical (unpaired) electrons. The van der Waals surface area contributed by atoms with Crippen molar-refractivity contribution >= 4 is 22.9 Å². The van der Waals surface area contributed by atoms with Gasteiger partial charge in [-0.2, -0.15) is 0 Å². The molecule has 0 unspecified atom stereocenters. The van der Waals surface area contributed by atoms with Gasteiger partial charge in [0.15, 0.2) is 0 Å². The summed E-state index contributed by atoms with van der Waals surface area (Å²) in [5, 5.41) is 3.06. The number of carbonyl (C=O) groups excluding carboxylic acids is 1. The number of anilines is 1. The summed E-state index contributed by atoms with van der Waals surface area (Å²) < 4.78 is 0. The first kappa shape index (κ1) is 14.8. The molecule has 2 aromatic rings. The minimum absolute atomic E-state index is 0.00662. The van der Waals surface area contributed by atoms with Gasteiger partial charge in [-0.3, -0.25) is 4.79 Å². The fourth-order valence-electron chi connectivity index (χ4n) is 2.54. The molecule has 1 heterocycles. The van der Waals surface area contributed by atoms with E-state index in [2.05, 4.69) is 38.2 Å². The molecule has 0 fully saturated rings. The van der Waals surface area contributed by atoms with Crippen molar-refractivity contribution in [1.82, 2.24) is 0 Å². The Balaban J connectivity index is 2.28. The summed E-state index contributed by atoms with van der Waals surface area (Å²) in [6.07, 6.45) is 0.979. The Morgan fingerprint density at radius 3 is 2.15 bits per heavy atom. The number of aryl methyl sites for hydroxylation is 5. The predicted molar refractivity (Wildman–Crippen MR) is 87.0 cm³/mol. The third kappa shape index (κ3) is 2.93. The number of benzene rings is 1. The van der Waals surface area contributed by atoms with E-state index in [0.29, 0.717) is 0 Å². The monoisotopic (exact) mass is 287 g/mol. The van der Waals surface area contributed by atoms with Crippen LogP contribution in [0.25, 0.3) is 0 Å². The molecule has 20 heavy (non-hydrogen) atoms. The van der Waals surface area contributed by atoms with E-state index in [1.165, 1.54) is 16.0 Å². The smallest absolute Gasteiger partial charge is 0.265 e. The van der Waals surface area contributed by atoms with Crippen molar-refractivity contribution in [3.63, 3.8) is 0 Å². The lowest BCUT2D eigenvalue weighted by atomic mass is 10.1. The summed E-state index contributed by atoms with van der Waals surface area (Å²) in [6.45, 7) is 10.3. The molecular formula is C17H21NOS. The maximum absolute atomic E-state index is 12.4. The molecule has 0 spiro atoms. The maximum Gasteiger partial charge on any atom is 0.265 e. The van der Waals surface area contributed by atoms with Crippen LogP contribution in [-0.4, -0.2) is 5.91 Å². The lowest BCUT2D eigenvalue weighted by Gasteiger charge is -2.12. The average molecular weight is 287 g/mol. The van der Waals surface area contributed by atoms with Crippen molar-refractivity contribution in [2.24, 2.45) is 0 Å². The fourth-order valence-corrected chi connectivity index (χ4v) is 3.54. The zero-order valence-corrected chi connectivity index (χ0v) is 13.6. The minimum atomic E-state index is -0.00662. The maximum atomic E-state index is 12.4. The number of hydrogen-bond donors (Lipinski definition) is 1. The molecule has 2 rings (SSSR count). The quantitative estimate of drug-likeness (QED) is 0.863. The molecule has 1 amide bonds. The molecule has 3 heteroatoms. The van der Waals surface area contributed by atoms with E-state index in [1.54, 1.807) is 11.3 Å². The number of carbonyl (C=O) groups is 1. The van der Waals surface area contributed by atoms with E-state index < -0.39 is 0 Å². The molecule has 0 atom stereocenters. The summed E-state index contributed by atoms with van der Waals surface area (Å²) >= 11 is 1.59. The summed E-state index contributed by atoms with van der Waals surface area (Å²) in [4.78, 5) is 14.5. The summed E-state index contributed by atoms with van der Waals surface area (Å²) in [5.41, 5.74) is 5.59. The molecule has 0 aliphatic rings. The van der Waals surface area contributed by atoms with E-state index in [9.17, 15) is 4.79 Å². The highest BCUT2D eigenvalue weighted by atomic mass is 32.1. The van der Waals surface area contributed by atoms with Gasteiger partial charge in [0, 0.05) is 10.6 Å². The number of rotatable bonds is 3. The Hall–Kier alpha value is -1.61. The Morgan fingerprint density at radius 1 is 1.05 bits per heavy atom. The number of hydrogen-bond acceptors (Lipinski definition) is 2. The van der Waals surface area contributed by atoms with Crippen molar-refractivity contribution in [3.05, 3.63) is 50.2 Å². The lowest BCUT2D eigenvalue weighted by Crippen LogP contribution is -2.12. The van der Waals surface area contributed by atoms with E-state index in [0.717, 1.165) is 28.1 Å². The largest absolute Gasteiger partial charge is 0.321 e. The van der Waals surface area contributed by atoms with Crippen LogP contribution < -0.4 is 5.32 Å². The van der Waals surface area contributed by atoms with Gasteiger partial charge in [-0.25, -0.2) is 0 Å². The molecule has 1 aromatic carbocycles. The third-order valence-corrected chi connectivity index (χ3v) is 4.86. The van der Waals surface area contributed by atoms with E-state index in [4.69, 9.17) is 0 Å². The Morgan fingerprint density at radius 2 is 1.65 bits per heavy atom. The average Bonchev–Trinajstić information content (AvgIpc) is 2.75. The van der Waals surface area contributed by atoms with Crippen LogP contribution in [0.15, 0.2) is 18.2 Å². The van der Waals surface area contributed by atoms with Crippen molar-refractivity contribution in [2.45, 2.75) is 41.0 Å². The topological polar surface area (TPSA) is 29.1 Å². The third-order valence-electron chi connectivity index (χ3n) is 3.48.